The van der Waals surface area contributed by atoms with Crippen LogP contribution >= 0.6 is 0 Å². The van der Waals surface area contributed by atoms with Crippen LogP contribution in [-0.4, -0.2) is 31.0 Å². The van der Waals surface area contributed by atoms with Gasteiger partial charge in [-0.2, -0.15) is 0 Å². The molecule has 1 aliphatic rings. The van der Waals surface area contributed by atoms with Crippen LogP contribution in [0, 0.1) is 5.41 Å². The van der Waals surface area contributed by atoms with Crippen LogP contribution in [-0.2, 0) is 4.74 Å². The molecule has 3 N–H and O–H groups in total. The zero-order valence-corrected chi connectivity index (χ0v) is 6.34. The van der Waals surface area contributed by atoms with Gasteiger partial charge in [-0.15, -0.1) is 0 Å². The maximum Gasteiger partial charge on any atom is 0.0650 e. The van der Waals surface area contributed by atoms with E-state index in [4.69, 9.17) is 10.5 Å². The normalized spacial score (nSPS) is 25.5. The van der Waals surface area contributed by atoms with E-state index in [0.29, 0.717) is 26.2 Å². The lowest BCUT2D eigenvalue weighted by molar-refractivity contribution is -0.161. The van der Waals surface area contributed by atoms with Gasteiger partial charge in [0, 0.05) is 5.41 Å². The number of ether oxygens (including phenoxy) is 1. The van der Waals surface area contributed by atoms with Crippen molar-refractivity contribution in [3.05, 3.63) is 0 Å². The second-order valence-electron chi connectivity index (χ2n) is 3.24. The number of aliphatic hydroxyl groups is 1. The molecule has 0 bridgehead atoms. The molecule has 1 rings (SSSR count). The molecule has 1 aliphatic heterocycles. The molecule has 0 aromatic heterocycles. The van der Waals surface area contributed by atoms with E-state index in [9.17, 15) is 5.11 Å². The van der Waals surface area contributed by atoms with Crippen LogP contribution in [0.5, 0.6) is 0 Å². The monoisotopic (exact) mass is 145 g/mol. The van der Waals surface area contributed by atoms with Gasteiger partial charge < -0.3 is 15.6 Å². The van der Waals surface area contributed by atoms with Crippen LogP contribution in [0.4, 0.5) is 0 Å². The molecule has 0 aromatic rings. The molecule has 1 atom stereocenters. The quantitative estimate of drug-likeness (QED) is 0.575. The van der Waals surface area contributed by atoms with Gasteiger partial charge in [-0.1, -0.05) is 6.92 Å². The first-order valence-corrected chi connectivity index (χ1v) is 3.65. The van der Waals surface area contributed by atoms with Crippen LogP contribution in [0.1, 0.15) is 13.3 Å². The predicted molar refractivity (Wildman–Crippen MR) is 38.6 cm³/mol. The molecule has 1 heterocycles. The summed E-state index contributed by atoms with van der Waals surface area (Å²) in [5.41, 5.74) is 5.29. The highest BCUT2D eigenvalue weighted by atomic mass is 16.5. The first kappa shape index (κ1) is 7.98. The van der Waals surface area contributed by atoms with Crippen molar-refractivity contribution in [1.82, 2.24) is 0 Å². The minimum atomic E-state index is -0.286. The number of nitrogens with two attached hydrogens (primary N) is 1. The van der Waals surface area contributed by atoms with Gasteiger partial charge in [0.25, 0.3) is 0 Å². The van der Waals surface area contributed by atoms with Crippen LogP contribution in [0.25, 0.3) is 0 Å². The van der Waals surface area contributed by atoms with E-state index in [2.05, 4.69) is 0 Å². The molecule has 1 unspecified atom stereocenters. The fourth-order valence-corrected chi connectivity index (χ4v) is 1.12. The van der Waals surface area contributed by atoms with E-state index in [1.165, 1.54) is 0 Å². The fraction of sp³-hybridized carbons (Fsp3) is 1.00. The van der Waals surface area contributed by atoms with Crippen LogP contribution in [0.15, 0.2) is 0 Å². The Balaban J connectivity index is 2.31. The molecular formula is C7H15NO2. The van der Waals surface area contributed by atoms with Crippen molar-refractivity contribution in [3.8, 4) is 0 Å². The number of hydrogen-bond donors (Lipinski definition) is 2. The van der Waals surface area contributed by atoms with E-state index >= 15 is 0 Å². The average molecular weight is 145 g/mol. The Kier molecular flexibility index (Phi) is 2.28. The van der Waals surface area contributed by atoms with E-state index in [0.717, 1.165) is 0 Å². The van der Waals surface area contributed by atoms with E-state index < -0.39 is 0 Å². The second-order valence-corrected chi connectivity index (χ2v) is 3.24. The standard InChI is InChI=1S/C7H15NO2/c1-7(4-10-5-7)6(9)2-3-8/h6,9H,2-5,8H2,1H3. The Bertz CT molecular complexity index is 112. The summed E-state index contributed by atoms with van der Waals surface area (Å²) in [4.78, 5) is 0. The summed E-state index contributed by atoms with van der Waals surface area (Å²) in [6.07, 6.45) is 0.395. The molecule has 0 aromatic carbocycles. The Labute approximate surface area is 61.2 Å². The van der Waals surface area contributed by atoms with Crippen molar-refractivity contribution in [2.45, 2.75) is 19.4 Å². The molecule has 3 nitrogen and oxygen atoms in total. The van der Waals surface area contributed by atoms with Gasteiger partial charge in [-0.3, -0.25) is 0 Å². The largest absolute Gasteiger partial charge is 0.392 e. The van der Waals surface area contributed by atoms with Gasteiger partial charge in [0.1, 0.15) is 0 Å². The van der Waals surface area contributed by atoms with Gasteiger partial charge in [0.15, 0.2) is 0 Å². The highest BCUT2D eigenvalue weighted by Crippen LogP contribution is 2.31. The Morgan fingerprint density at radius 1 is 1.70 bits per heavy atom. The van der Waals surface area contributed by atoms with Gasteiger partial charge in [0.05, 0.1) is 19.3 Å². The molecule has 10 heavy (non-hydrogen) atoms. The lowest BCUT2D eigenvalue weighted by Crippen LogP contribution is -2.49. The Morgan fingerprint density at radius 3 is 2.60 bits per heavy atom. The first-order valence-electron chi connectivity index (χ1n) is 3.65. The van der Waals surface area contributed by atoms with Gasteiger partial charge in [-0.25, -0.2) is 0 Å². The second kappa shape index (κ2) is 2.86. The van der Waals surface area contributed by atoms with Gasteiger partial charge in [0.2, 0.25) is 0 Å². The van der Waals surface area contributed by atoms with Crippen LogP contribution in [0.2, 0.25) is 0 Å². The summed E-state index contributed by atoms with van der Waals surface area (Å²) in [5, 5.41) is 9.47. The molecule has 1 fully saturated rings. The van der Waals surface area contributed by atoms with Crippen LogP contribution in [0.3, 0.4) is 0 Å². The predicted octanol–water partition coefficient (Wildman–Crippen LogP) is -0.267. The maximum atomic E-state index is 9.47. The highest BCUT2D eigenvalue weighted by molar-refractivity contribution is 4.87. The van der Waals surface area contributed by atoms with E-state index in [1.54, 1.807) is 0 Å². The first-order chi connectivity index (χ1) is 4.69. The Morgan fingerprint density at radius 2 is 2.30 bits per heavy atom. The summed E-state index contributed by atoms with van der Waals surface area (Å²) >= 11 is 0. The maximum absolute atomic E-state index is 9.47. The third-order valence-electron chi connectivity index (χ3n) is 2.11. The molecule has 0 amide bonds. The highest BCUT2D eigenvalue weighted by Gasteiger charge is 2.39. The lowest BCUT2D eigenvalue weighted by Gasteiger charge is -2.41. The lowest BCUT2D eigenvalue weighted by atomic mass is 9.81. The number of aliphatic hydroxyl groups excluding tert-OH is 1. The smallest absolute Gasteiger partial charge is 0.0650 e. The molecule has 0 saturated carbocycles. The average Bonchev–Trinajstić information content (AvgIpc) is 1.83. The van der Waals surface area contributed by atoms with Gasteiger partial charge in [-0.05, 0) is 13.0 Å². The van der Waals surface area contributed by atoms with Crippen molar-refractivity contribution in [2.24, 2.45) is 11.1 Å². The van der Waals surface area contributed by atoms with E-state index in [1.807, 2.05) is 6.92 Å². The van der Waals surface area contributed by atoms with Crippen LogP contribution < -0.4 is 5.73 Å². The summed E-state index contributed by atoms with van der Waals surface area (Å²) in [7, 11) is 0. The summed E-state index contributed by atoms with van der Waals surface area (Å²) in [5.74, 6) is 0. The molecule has 0 spiro atoms. The summed E-state index contributed by atoms with van der Waals surface area (Å²) in [6, 6.07) is 0. The van der Waals surface area contributed by atoms with Crippen molar-refractivity contribution < 1.29 is 9.84 Å². The van der Waals surface area contributed by atoms with Crippen molar-refractivity contribution in [3.63, 3.8) is 0 Å². The third kappa shape index (κ3) is 1.31. The molecule has 1 saturated heterocycles. The topological polar surface area (TPSA) is 55.5 Å². The number of rotatable bonds is 3. The molecule has 0 radical (unpaired) electrons. The SMILES string of the molecule is CC1(C(O)CCN)COC1. The summed E-state index contributed by atoms with van der Waals surface area (Å²) < 4.78 is 5.00. The van der Waals surface area contributed by atoms with Crippen molar-refractivity contribution >= 4 is 0 Å². The van der Waals surface area contributed by atoms with Gasteiger partial charge >= 0.3 is 0 Å². The van der Waals surface area contributed by atoms with E-state index in [-0.39, 0.29) is 11.5 Å². The fourth-order valence-electron chi connectivity index (χ4n) is 1.12. The number of hydrogen-bond acceptors (Lipinski definition) is 3. The van der Waals surface area contributed by atoms with Crippen molar-refractivity contribution in [2.75, 3.05) is 19.8 Å². The molecule has 60 valence electrons. The zero-order valence-electron chi connectivity index (χ0n) is 6.34. The third-order valence-corrected chi connectivity index (χ3v) is 2.11. The zero-order chi connectivity index (χ0) is 7.61. The van der Waals surface area contributed by atoms with Crippen molar-refractivity contribution in [1.29, 1.82) is 0 Å². The molecule has 3 heteroatoms. The Hall–Kier alpha value is -0.120. The minimum absolute atomic E-state index is 0.0145. The minimum Gasteiger partial charge on any atom is -0.392 e. The molecular weight excluding hydrogens is 130 g/mol. The summed E-state index contributed by atoms with van der Waals surface area (Å²) in [6.45, 7) is 3.93. The molecule has 0 aliphatic carbocycles.